The molecular formula is C25H21Cl3O3S. The minimum Gasteiger partial charge on any atom is -0.493 e. The highest BCUT2D eigenvalue weighted by atomic mass is 35.5. The van der Waals surface area contributed by atoms with Gasteiger partial charge in [0.05, 0.1) is 28.7 Å². The summed E-state index contributed by atoms with van der Waals surface area (Å²) in [6.07, 6.45) is 1.84. The highest BCUT2D eigenvalue weighted by Crippen LogP contribution is 2.33. The van der Waals surface area contributed by atoms with Crippen LogP contribution >= 0.6 is 46.6 Å². The first kappa shape index (κ1) is 24.5. The molecule has 0 saturated carbocycles. The molecule has 0 spiro atoms. The van der Waals surface area contributed by atoms with Crippen LogP contribution in [-0.4, -0.2) is 19.5 Å². The topological polar surface area (TPSA) is 35.5 Å². The number of ether oxygens (including phenoxy) is 2. The van der Waals surface area contributed by atoms with Gasteiger partial charge in [0, 0.05) is 16.3 Å². The van der Waals surface area contributed by atoms with Crippen molar-refractivity contribution in [2.24, 2.45) is 0 Å². The minimum atomic E-state index is -0.0976. The average molecular weight is 508 g/mol. The Morgan fingerprint density at radius 1 is 0.938 bits per heavy atom. The van der Waals surface area contributed by atoms with Gasteiger partial charge < -0.3 is 9.47 Å². The fourth-order valence-electron chi connectivity index (χ4n) is 2.91. The van der Waals surface area contributed by atoms with E-state index in [-0.39, 0.29) is 5.78 Å². The number of halogens is 3. The predicted octanol–water partition coefficient (Wildman–Crippen LogP) is 8.21. The van der Waals surface area contributed by atoms with Crippen LogP contribution in [0.15, 0.2) is 65.6 Å². The zero-order chi connectivity index (χ0) is 23.1. The summed E-state index contributed by atoms with van der Waals surface area (Å²) in [5.74, 6) is 1.71. The predicted molar refractivity (Wildman–Crippen MR) is 136 cm³/mol. The lowest BCUT2D eigenvalue weighted by Crippen LogP contribution is -2.02. The summed E-state index contributed by atoms with van der Waals surface area (Å²) in [5.41, 5.74) is 2.34. The second-order valence-electron chi connectivity index (χ2n) is 6.73. The van der Waals surface area contributed by atoms with E-state index in [1.54, 1.807) is 43.5 Å². The molecule has 0 aliphatic rings. The molecule has 166 valence electrons. The molecule has 0 N–H and O–H groups in total. The van der Waals surface area contributed by atoms with Gasteiger partial charge in [0.25, 0.3) is 0 Å². The molecule has 3 aromatic carbocycles. The van der Waals surface area contributed by atoms with E-state index in [1.165, 1.54) is 11.8 Å². The molecule has 0 aromatic heterocycles. The summed E-state index contributed by atoms with van der Waals surface area (Å²) in [4.78, 5) is 13.9. The molecule has 0 aliphatic carbocycles. The highest BCUT2D eigenvalue weighted by molar-refractivity contribution is 8.03. The first-order chi connectivity index (χ1) is 15.4. The van der Waals surface area contributed by atoms with Gasteiger partial charge in [-0.2, -0.15) is 0 Å². The van der Waals surface area contributed by atoms with E-state index in [0.29, 0.717) is 49.4 Å². The lowest BCUT2D eigenvalue weighted by Gasteiger charge is -2.11. The van der Waals surface area contributed by atoms with Crippen molar-refractivity contribution in [3.63, 3.8) is 0 Å². The van der Waals surface area contributed by atoms with Gasteiger partial charge in [-0.25, -0.2) is 0 Å². The van der Waals surface area contributed by atoms with Gasteiger partial charge in [0.15, 0.2) is 17.3 Å². The van der Waals surface area contributed by atoms with Crippen molar-refractivity contribution in [2.45, 2.75) is 12.7 Å². The third-order valence-electron chi connectivity index (χ3n) is 4.49. The van der Waals surface area contributed by atoms with Gasteiger partial charge in [-0.05, 0) is 72.7 Å². The van der Waals surface area contributed by atoms with Gasteiger partial charge in [-0.15, -0.1) is 11.8 Å². The Morgan fingerprint density at radius 3 is 2.34 bits per heavy atom. The summed E-state index contributed by atoms with van der Waals surface area (Å²) < 4.78 is 11.0. The van der Waals surface area contributed by atoms with Crippen molar-refractivity contribution in [1.29, 1.82) is 0 Å². The summed E-state index contributed by atoms with van der Waals surface area (Å²) in [6, 6.07) is 17.9. The standard InChI is InChI=1S/C25H21Cl3O3S/c1-3-31-22-11-5-16(13-23(22)30-2)14-24(25(29)18-6-8-19(26)9-7-18)32-15-17-4-10-20(27)21(28)12-17/h4-14H,3,15H2,1-2H3/b24-14+. The Kier molecular flexibility index (Phi) is 8.94. The quantitative estimate of drug-likeness (QED) is 0.216. The average Bonchev–Trinajstić information content (AvgIpc) is 2.80. The normalized spacial score (nSPS) is 11.3. The molecule has 0 saturated heterocycles. The van der Waals surface area contributed by atoms with Gasteiger partial charge in [-0.1, -0.05) is 46.9 Å². The van der Waals surface area contributed by atoms with E-state index >= 15 is 0 Å². The molecule has 3 rings (SSSR count). The van der Waals surface area contributed by atoms with Crippen molar-refractivity contribution in [2.75, 3.05) is 13.7 Å². The largest absolute Gasteiger partial charge is 0.493 e. The van der Waals surface area contributed by atoms with Gasteiger partial charge >= 0.3 is 0 Å². The van der Waals surface area contributed by atoms with Crippen LogP contribution in [0.4, 0.5) is 0 Å². The highest BCUT2D eigenvalue weighted by Gasteiger charge is 2.15. The number of benzene rings is 3. The summed E-state index contributed by atoms with van der Waals surface area (Å²) >= 11 is 19.6. The Bertz CT molecular complexity index is 1130. The molecular weight excluding hydrogens is 487 g/mol. The van der Waals surface area contributed by atoms with E-state index in [9.17, 15) is 4.79 Å². The van der Waals surface area contributed by atoms with Crippen LogP contribution in [0.1, 0.15) is 28.4 Å². The fraction of sp³-hybridized carbons (Fsp3) is 0.160. The summed E-state index contributed by atoms with van der Waals surface area (Å²) in [6.45, 7) is 2.45. The van der Waals surface area contributed by atoms with Crippen molar-refractivity contribution in [3.05, 3.63) is 97.3 Å². The van der Waals surface area contributed by atoms with E-state index in [1.807, 2.05) is 37.3 Å². The minimum absolute atomic E-state index is 0.0976. The van der Waals surface area contributed by atoms with Crippen molar-refractivity contribution < 1.29 is 14.3 Å². The fourth-order valence-corrected chi connectivity index (χ4v) is 4.32. The smallest absolute Gasteiger partial charge is 0.199 e. The van der Waals surface area contributed by atoms with E-state index < -0.39 is 0 Å². The monoisotopic (exact) mass is 506 g/mol. The first-order valence-corrected chi connectivity index (χ1v) is 11.9. The van der Waals surface area contributed by atoms with Crippen LogP contribution in [-0.2, 0) is 5.75 Å². The molecule has 0 unspecified atom stereocenters. The Morgan fingerprint density at radius 2 is 1.69 bits per heavy atom. The number of rotatable bonds is 9. The van der Waals surface area contributed by atoms with Crippen LogP contribution in [0, 0.1) is 0 Å². The zero-order valence-corrected chi connectivity index (χ0v) is 20.6. The van der Waals surface area contributed by atoms with Crippen molar-refractivity contribution in [3.8, 4) is 11.5 Å². The molecule has 0 radical (unpaired) electrons. The summed E-state index contributed by atoms with van der Waals surface area (Å²) in [7, 11) is 1.59. The lowest BCUT2D eigenvalue weighted by molar-refractivity contribution is 0.104. The van der Waals surface area contributed by atoms with E-state index in [2.05, 4.69) is 0 Å². The van der Waals surface area contributed by atoms with Gasteiger partial charge in [0.2, 0.25) is 0 Å². The first-order valence-electron chi connectivity index (χ1n) is 9.80. The number of hydrogen-bond acceptors (Lipinski definition) is 4. The second-order valence-corrected chi connectivity index (χ2v) is 8.99. The van der Waals surface area contributed by atoms with E-state index in [0.717, 1.165) is 11.1 Å². The molecule has 0 fully saturated rings. The molecule has 0 aliphatic heterocycles. The molecule has 0 heterocycles. The second kappa shape index (κ2) is 11.7. The number of thioether (sulfide) groups is 1. The number of methoxy groups -OCH3 is 1. The van der Waals surface area contributed by atoms with Gasteiger partial charge in [-0.3, -0.25) is 4.79 Å². The number of Topliss-reactive ketones (excluding diaryl/α,β-unsaturated/α-hetero) is 1. The Hall–Kier alpha value is -2.11. The molecule has 3 aromatic rings. The molecule has 0 atom stereocenters. The summed E-state index contributed by atoms with van der Waals surface area (Å²) in [5, 5.41) is 1.55. The third-order valence-corrected chi connectivity index (χ3v) is 6.58. The lowest BCUT2D eigenvalue weighted by atomic mass is 10.1. The molecule has 7 heteroatoms. The Balaban J connectivity index is 1.94. The van der Waals surface area contributed by atoms with Crippen LogP contribution in [0.3, 0.4) is 0 Å². The number of hydrogen-bond donors (Lipinski definition) is 0. The SMILES string of the molecule is CCOc1ccc(/C=C(/SCc2ccc(Cl)c(Cl)c2)C(=O)c2ccc(Cl)cc2)cc1OC. The van der Waals surface area contributed by atoms with Crippen LogP contribution < -0.4 is 9.47 Å². The number of carbonyl (C=O) groups excluding carboxylic acids is 1. The number of allylic oxidation sites excluding steroid dienone is 1. The Labute approximate surface area is 207 Å². The van der Waals surface area contributed by atoms with Crippen LogP contribution in [0.25, 0.3) is 6.08 Å². The maximum absolute atomic E-state index is 13.3. The van der Waals surface area contributed by atoms with Gasteiger partial charge in [0.1, 0.15) is 0 Å². The van der Waals surface area contributed by atoms with Crippen LogP contribution in [0.2, 0.25) is 15.1 Å². The molecule has 0 bridgehead atoms. The third kappa shape index (κ3) is 6.46. The van der Waals surface area contributed by atoms with E-state index in [4.69, 9.17) is 44.3 Å². The molecule has 3 nitrogen and oxygen atoms in total. The van der Waals surface area contributed by atoms with Crippen molar-refractivity contribution in [1.82, 2.24) is 0 Å². The molecule has 0 amide bonds. The number of carbonyl (C=O) groups is 1. The number of ketones is 1. The maximum Gasteiger partial charge on any atom is 0.199 e. The maximum atomic E-state index is 13.3. The van der Waals surface area contributed by atoms with Crippen LogP contribution in [0.5, 0.6) is 11.5 Å². The molecule has 32 heavy (non-hydrogen) atoms. The zero-order valence-electron chi connectivity index (χ0n) is 17.5. The van der Waals surface area contributed by atoms with Crippen molar-refractivity contribution >= 4 is 58.4 Å².